The summed E-state index contributed by atoms with van der Waals surface area (Å²) in [6.07, 6.45) is -0.209. The Morgan fingerprint density at radius 1 is 1.33 bits per heavy atom. The Hall–Kier alpha value is -1.54. The summed E-state index contributed by atoms with van der Waals surface area (Å²) < 4.78 is 57.2. The Balaban J connectivity index is 3.05. The lowest BCUT2D eigenvalue weighted by Crippen LogP contribution is -2.37. The van der Waals surface area contributed by atoms with Crippen LogP contribution in [0.1, 0.15) is 20.3 Å². The SMILES string of the molecule is CCOC(=O)CC(C)N(C)S(=O)(=O)c1c(F)cccc1F. The lowest BCUT2D eigenvalue weighted by Gasteiger charge is -2.24. The molecular weight excluding hydrogens is 304 g/mol. The number of esters is 1. The van der Waals surface area contributed by atoms with Gasteiger partial charge in [0.2, 0.25) is 10.0 Å². The first-order valence-electron chi connectivity index (χ1n) is 6.29. The van der Waals surface area contributed by atoms with Crippen molar-refractivity contribution >= 4 is 16.0 Å². The Bertz CT molecular complexity index is 598. The zero-order valence-corrected chi connectivity index (χ0v) is 12.8. The molecule has 0 bridgehead atoms. The smallest absolute Gasteiger partial charge is 0.307 e. The largest absolute Gasteiger partial charge is 0.466 e. The first kappa shape index (κ1) is 17.5. The number of nitrogens with zero attached hydrogens (tertiary/aromatic N) is 1. The molecule has 0 fully saturated rings. The van der Waals surface area contributed by atoms with Crippen LogP contribution in [-0.2, 0) is 19.6 Å². The molecule has 1 unspecified atom stereocenters. The predicted molar refractivity (Wildman–Crippen MR) is 72.0 cm³/mol. The highest BCUT2D eigenvalue weighted by molar-refractivity contribution is 7.89. The number of benzene rings is 1. The van der Waals surface area contributed by atoms with Crippen LogP contribution >= 0.6 is 0 Å². The van der Waals surface area contributed by atoms with Gasteiger partial charge in [-0.1, -0.05) is 6.07 Å². The summed E-state index contributed by atoms with van der Waals surface area (Å²) >= 11 is 0. The number of halogens is 2. The van der Waals surface area contributed by atoms with Gasteiger partial charge in [0.25, 0.3) is 0 Å². The molecule has 0 saturated carbocycles. The first-order chi connectivity index (χ1) is 9.71. The Kier molecular flexibility index (Phi) is 5.79. The standard InChI is InChI=1S/C13H17F2NO4S/c1-4-20-12(17)8-9(2)16(3)21(18,19)13-10(14)6-5-7-11(13)15/h5-7,9H,4,8H2,1-3H3. The van der Waals surface area contributed by atoms with Gasteiger partial charge in [0.15, 0.2) is 4.90 Å². The van der Waals surface area contributed by atoms with Gasteiger partial charge in [-0.15, -0.1) is 0 Å². The van der Waals surface area contributed by atoms with Gasteiger partial charge >= 0.3 is 5.97 Å². The molecule has 1 aromatic rings. The minimum Gasteiger partial charge on any atom is -0.466 e. The van der Waals surface area contributed by atoms with Crippen LogP contribution in [0.3, 0.4) is 0 Å². The highest BCUT2D eigenvalue weighted by Crippen LogP contribution is 2.23. The van der Waals surface area contributed by atoms with Crippen molar-refractivity contribution in [2.24, 2.45) is 0 Å². The van der Waals surface area contributed by atoms with E-state index in [-0.39, 0.29) is 13.0 Å². The zero-order chi connectivity index (χ0) is 16.2. The molecule has 1 atom stereocenters. The van der Waals surface area contributed by atoms with E-state index in [2.05, 4.69) is 0 Å². The van der Waals surface area contributed by atoms with Gasteiger partial charge in [-0.05, 0) is 26.0 Å². The summed E-state index contributed by atoms with van der Waals surface area (Å²) in [5.74, 6) is -2.93. The molecule has 0 aliphatic rings. The molecule has 0 saturated heterocycles. The van der Waals surface area contributed by atoms with Gasteiger partial charge < -0.3 is 4.74 Å². The van der Waals surface area contributed by atoms with E-state index in [1.807, 2.05) is 0 Å². The summed E-state index contributed by atoms with van der Waals surface area (Å²) in [6, 6.07) is 2.00. The van der Waals surface area contributed by atoms with E-state index in [1.165, 1.54) is 6.92 Å². The number of hydrogen-bond acceptors (Lipinski definition) is 4. The van der Waals surface area contributed by atoms with Crippen LogP contribution in [0.2, 0.25) is 0 Å². The molecule has 8 heteroatoms. The summed E-state index contributed by atoms with van der Waals surface area (Å²) in [5, 5.41) is 0. The number of ether oxygens (including phenoxy) is 1. The van der Waals surface area contributed by atoms with Crippen LogP contribution in [-0.4, -0.2) is 38.4 Å². The topological polar surface area (TPSA) is 63.7 Å². The van der Waals surface area contributed by atoms with Crippen molar-refractivity contribution in [1.29, 1.82) is 0 Å². The maximum atomic E-state index is 13.6. The molecule has 0 heterocycles. The fourth-order valence-corrected chi connectivity index (χ4v) is 3.16. The lowest BCUT2D eigenvalue weighted by atomic mass is 10.2. The number of sulfonamides is 1. The van der Waals surface area contributed by atoms with Crippen LogP contribution in [0.5, 0.6) is 0 Å². The van der Waals surface area contributed by atoms with Gasteiger partial charge in [-0.2, -0.15) is 4.31 Å². The van der Waals surface area contributed by atoms with Crippen LogP contribution in [0, 0.1) is 11.6 Å². The quantitative estimate of drug-likeness (QED) is 0.751. The molecular formula is C13H17F2NO4S. The van der Waals surface area contributed by atoms with E-state index < -0.39 is 38.6 Å². The van der Waals surface area contributed by atoms with Crippen molar-refractivity contribution in [2.45, 2.75) is 31.2 Å². The van der Waals surface area contributed by atoms with Crippen molar-refractivity contribution < 1.29 is 26.7 Å². The molecule has 21 heavy (non-hydrogen) atoms. The summed E-state index contributed by atoms with van der Waals surface area (Å²) in [7, 11) is -3.23. The third kappa shape index (κ3) is 3.98. The fraction of sp³-hybridized carbons (Fsp3) is 0.462. The van der Waals surface area contributed by atoms with Gasteiger partial charge in [0.1, 0.15) is 11.6 Å². The first-order valence-corrected chi connectivity index (χ1v) is 7.73. The number of hydrogen-bond donors (Lipinski definition) is 0. The molecule has 1 rings (SSSR count). The molecule has 0 radical (unpaired) electrons. The maximum absolute atomic E-state index is 13.6. The van der Waals surface area contributed by atoms with Gasteiger partial charge in [-0.3, -0.25) is 4.79 Å². The number of carbonyl (C=O) groups is 1. The molecule has 118 valence electrons. The lowest BCUT2D eigenvalue weighted by molar-refractivity contribution is -0.143. The highest BCUT2D eigenvalue weighted by atomic mass is 32.2. The van der Waals surface area contributed by atoms with Crippen LogP contribution in [0.15, 0.2) is 23.1 Å². The summed E-state index contributed by atoms with van der Waals surface area (Å²) in [5.41, 5.74) is 0. The van der Waals surface area contributed by atoms with E-state index in [0.29, 0.717) is 0 Å². The third-order valence-corrected chi connectivity index (χ3v) is 4.97. The Morgan fingerprint density at radius 3 is 2.33 bits per heavy atom. The molecule has 0 amide bonds. The molecule has 0 aromatic heterocycles. The molecule has 0 N–H and O–H groups in total. The van der Waals surface area contributed by atoms with Gasteiger partial charge in [-0.25, -0.2) is 17.2 Å². The molecule has 5 nitrogen and oxygen atoms in total. The molecule has 0 aliphatic carbocycles. The second kappa shape index (κ2) is 6.95. The minimum absolute atomic E-state index is 0.171. The predicted octanol–water partition coefficient (Wildman–Crippen LogP) is 1.93. The van der Waals surface area contributed by atoms with E-state index in [1.54, 1.807) is 6.92 Å². The maximum Gasteiger partial charge on any atom is 0.307 e. The van der Waals surface area contributed by atoms with Crippen molar-refractivity contribution in [2.75, 3.05) is 13.7 Å². The van der Waals surface area contributed by atoms with Crippen LogP contribution in [0.4, 0.5) is 8.78 Å². The van der Waals surface area contributed by atoms with Crippen molar-refractivity contribution in [1.82, 2.24) is 4.31 Å². The van der Waals surface area contributed by atoms with Crippen molar-refractivity contribution in [3.05, 3.63) is 29.8 Å². The van der Waals surface area contributed by atoms with E-state index >= 15 is 0 Å². The average Bonchev–Trinajstić information content (AvgIpc) is 2.37. The summed E-state index contributed by atoms with van der Waals surface area (Å²) in [4.78, 5) is 10.3. The van der Waals surface area contributed by atoms with Crippen molar-refractivity contribution in [3.8, 4) is 0 Å². The highest BCUT2D eigenvalue weighted by Gasteiger charge is 2.32. The van der Waals surface area contributed by atoms with E-state index in [9.17, 15) is 22.0 Å². The normalized spacial score (nSPS) is 13.2. The second-order valence-electron chi connectivity index (χ2n) is 4.43. The zero-order valence-electron chi connectivity index (χ0n) is 12.0. The van der Waals surface area contributed by atoms with Crippen molar-refractivity contribution in [3.63, 3.8) is 0 Å². The average molecular weight is 321 g/mol. The fourth-order valence-electron chi connectivity index (χ4n) is 1.70. The summed E-state index contributed by atoms with van der Waals surface area (Å²) in [6.45, 7) is 3.24. The van der Waals surface area contributed by atoms with E-state index in [4.69, 9.17) is 4.74 Å². The Morgan fingerprint density at radius 2 is 1.86 bits per heavy atom. The van der Waals surface area contributed by atoms with Crippen LogP contribution < -0.4 is 0 Å². The number of rotatable bonds is 6. The monoisotopic (exact) mass is 321 g/mol. The van der Waals surface area contributed by atoms with Gasteiger partial charge in [0, 0.05) is 13.1 Å². The third-order valence-electron chi connectivity index (χ3n) is 2.94. The molecule has 0 spiro atoms. The molecule has 1 aromatic carbocycles. The Labute approximate surface area is 122 Å². The van der Waals surface area contributed by atoms with Gasteiger partial charge in [0.05, 0.1) is 13.0 Å². The van der Waals surface area contributed by atoms with E-state index in [0.717, 1.165) is 29.6 Å². The number of carbonyl (C=O) groups excluding carboxylic acids is 1. The second-order valence-corrected chi connectivity index (χ2v) is 6.36. The van der Waals surface area contributed by atoms with Crippen LogP contribution in [0.25, 0.3) is 0 Å². The minimum atomic E-state index is -4.38. The molecule has 0 aliphatic heterocycles.